The van der Waals surface area contributed by atoms with Gasteiger partial charge in [0.2, 0.25) is 0 Å². The standard InChI is InChI=1S/C21H17IN2O5S/c1-28-20-12-15(14-23-24-21(25)16-6-5-7-17(22)13-16)10-11-19(20)29-30(26,27)18-8-3-2-4-9-18/h2-14H,1H3,(H,24,25)/b23-14-. The molecule has 0 unspecified atom stereocenters. The Kier molecular flexibility index (Phi) is 7.06. The Morgan fingerprint density at radius 2 is 1.77 bits per heavy atom. The van der Waals surface area contributed by atoms with E-state index < -0.39 is 10.1 Å². The number of halogens is 1. The lowest BCUT2D eigenvalue weighted by atomic mass is 10.2. The summed E-state index contributed by atoms with van der Waals surface area (Å²) in [5, 5.41) is 3.93. The maximum absolute atomic E-state index is 12.4. The van der Waals surface area contributed by atoms with Crippen molar-refractivity contribution in [3.63, 3.8) is 0 Å². The number of hydrazone groups is 1. The molecule has 7 nitrogen and oxygen atoms in total. The molecule has 0 atom stereocenters. The van der Waals surface area contributed by atoms with Gasteiger partial charge in [0.1, 0.15) is 4.90 Å². The molecular formula is C21H17IN2O5S. The molecule has 0 spiro atoms. The summed E-state index contributed by atoms with van der Waals surface area (Å²) in [6.07, 6.45) is 1.42. The Labute approximate surface area is 188 Å². The smallest absolute Gasteiger partial charge is 0.339 e. The summed E-state index contributed by atoms with van der Waals surface area (Å²) in [7, 11) is -2.59. The van der Waals surface area contributed by atoms with E-state index in [0.717, 1.165) is 3.57 Å². The van der Waals surface area contributed by atoms with E-state index in [1.807, 2.05) is 6.07 Å². The highest BCUT2D eigenvalue weighted by Crippen LogP contribution is 2.30. The van der Waals surface area contributed by atoms with Gasteiger partial charge in [-0.1, -0.05) is 24.3 Å². The van der Waals surface area contributed by atoms with Gasteiger partial charge in [-0.25, -0.2) is 5.43 Å². The number of carbonyl (C=O) groups excluding carboxylic acids is 1. The van der Waals surface area contributed by atoms with E-state index in [9.17, 15) is 13.2 Å². The second kappa shape index (κ2) is 9.72. The molecule has 1 amide bonds. The molecule has 154 valence electrons. The van der Waals surface area contributed by atoms with Gasteiger partial charge in [0.15, 0.2) is 11.5 Å². The zero-order chi connectivity index (χ0) is 21.6. The van der Waals surface area contributed by atoms with Gasteiger partial charge in [0, 0.05) is 9.13 Å². The molecule has 0 aromatic heterocycles. The Morgan fingerprint density at radius 1 is 1.00 bits per heavy atom. The number of carbonyl (C=O) groups is 1. The fraction of sp³-hybridized carbons (Fsp3) is 0.0476. The topological polar surface area (TPSA) is 94.1 Å². The maximum Gasteiger partial charge on any atom is 0.339 e. The van der Waals surface area contributed by atoms with Crippen LogP contribution in [0.25, 0.3) is 0 Å². The van der Waals surface area contributed by atoms with Crippen LogP contribution in [0.15, 0.2) is 82.8 Å². The third-order valence-electron chi connectivity index (χ3n) is 3.89. The van der Waals surface area contributed by atoms with Crippen molar-refractivity contribution in [3.05, 3.63) is 87.5 Å². The summed E-state index contributed by atoms with van der Waals surface area (Å²) in [6, 6.07) is 19.5. The molecule has 0 bridgehead atoms. The summed E-state index contributed by atoms with van der Waals surface area (Å²) >= 11 is 2.12. The first-order chi connectivity index (χ1) is 14.4. The molecule has 0 aliphatic heterocycles. The molecule has 0 aliphatic rings. The van der Waals surface area contributed by atoms with Crippen LogP contribution in [0.2, 0.25) is 0 Å². The number of amides is 1. The van der Waals surface area contributed by atoms with Crippen molar-refractivity contribution in [2.24, 2.45) is 5.10 Å². The number of nitrogens with one attached hydrogen (secondary N) is 1. The lowest BCUT2D eigenvalue weighted by molar-refractivity contribution is 0.0955. The molecule has 3 aromatic carbocycles. The van der Waals surface area contributed by atoms with Crippen LogP contribution in [-0.2, 0) is 10.1 Å². The second-order valence-corrected chi connectivity index (χ2v) is 8.76. The third-order valence-corrected chi connectivity index (χ3v) is 5.81. The molecule has 0 saturated heterocycles. The van der Waals surface area contributed by atoms with E-state index in [0.29, 0.717) is 11.1 Å². The highest BCUT2D eigenvalue weighted by atomic mass is 127. The van der Waals surface area contributed by atoms with Crippen molar-refractivity contribution >= 4 is 44.8 Å². The second-order valence-electron chi connectivity index (χ2n) is 5.97. The molecule has 3 aromatic rings. The molecule has 30 heavy (non-hydrogen) atoms. The monoisotopic (exact) mass is 536 g/mol. The number of hydrogen-bond donors (Lipinski definition) is 1. The zero-order valence-electron chi connectivity index (χ0n) is 15.8. The Hall–Kier alpha value is -2.92. The summed E-state index contributed by atoms with van der Waals surface area (Å²) in [4.78, 5) is 12.2. The van der Waals surface area contributed by atoms with Crippen LogP contribution in [0.3, 0.4) is 0 Å². The van der Waals surface area contributed by atoms with Crippen molar-refractivity contribution in [1.82, 2.24) is 5.43 Å². The highest BCUT2D eigenvalue weighted by Gasteiger charge is 2.18. The average molecular weight is 536 g/mol. The molecule has 1 N–H and O–H groups in total. The average Bonchev–Trinajstić information content (AvgIpc) is 2.75. The normalized spacial score (nSPS) is 11.3. The van der Waals surface area contributed by atoms with Crippen molar-refractivity contribution in [1.29, 1.82) is 0 Å². The van der Waals surface area contributed by atoms with Gasteiger partial charge >= 0.3 is 10.1 Å². The van der Waals surface area contributed by atoms with Crippen LogP contribution in [0.5, 0.6) is 11.5 Å². The minimum atomic E-state index is -3.99. The van der Waals surface area contributed by atoms with E-state index in [1.54, 1.807) is 48.5 Å². The molecule has 0 aliphatic carbocycles. The Morgan fingerprint density at radius 3 is 2.47 bits per heavy atom. The zero-order valence-corrected chi connectivity index (χ0v) is 18.8. The van der Waals surface area contributed by atoms with Crippen LogP contribution in [0.1, 0.15) is 15.9 Å². The van der Waals surface area contributed by atoms with Crippen LogP contribution in [0.4, 0.5) is 0 Å². The lowest BCUT2D eigenvalue weighted by Gasteiger charge is -2.11. The van der Waals surface area contributed by atoms with Crippen molar-refractivity contribution in [2.45, 2.75) is 4.90 Å². The van der Waals surface area contributed by atoms with Gasteiger partial charge in [-0.05, 0) is 76.7 Å². The van der Waals surface area contributed by atoms with Gasteiger partial charge in [-0.3, -0.25) is 4.79 Å². The summed E-state index contributed by atoms with van der Waals surface area (Å²) in [6.45, 7) is 0. The SMILES string of the molecule is COc1cc(/C=N\NC(=O)c2cccc(I)c2)ccc1OS(=O)(=O)c1ccccc1. The van der Waals surface area contributed by atoms with Gasteiger partial charge in [-0.15, -0.1) is 0 Å². The number of rotatable bonds is 7. The fourth-order valence-corrected chi connectivity index (χ4v) is 3.95. The maximum atomic E-state index is 12.4. The Bertz CT molecular complexity index is 1180. The van der Waals surface area contributed by atoms with E-state index >= 15 is 0 Å². The molecule has 0 radical (unpaired) electrons. The molecule has 0 saturated carbocycles. The number of benzene rings is 3. The number of nitrogens with zero attached hydrogens (tertiary/aromatic N) is 1. The van der Waals surface area contributed by atoms with Crippen molar-refractivity contribution in [2.75, 3.05) is 7.11 Å². The molecular weight excluding hydrogens is 519 g/mol. The van der Waals surface area contributed by atoms with E-state index in [1.165, 1.54) is 31.5 Å². The minimum Gasteiger partial charge on any atom is -0.493 e. The molecule has 0 heterocycles. The number of hydrogen-bond acceptors (Lipinski definition) is 6. The fourth-order valence-electron chi connectivity index (χ4n) is 2.45. The Balaban J connectivity index is 1.72. The first kappa shape index (κ1) is 21.8. The van der Waals surface area contributed by atoms with Gasteiger partial charge in [0.05, 0.1) is 13.3 Å². The first-order valence-electron chi connectivity index (χ1n) is 8.65. The summed E-state index contributed by atoms with van der Waals surface area (Å²) < 4.78 is 36.2. The predicted molar refractivity (Wildman–Crippen MR) is 121 cm³/mol. The van der Waals surface area contributed by atoms with Crippen LogP contribution in [-0.4, -0.2) is 27.6 Å². The highest BCUT2D eigenvalue weighted by molar-refractivity contribution is 14.1. The van der Waals surface area contributed by atoms with E-state index in [-0.39, 0.29) is 22.3 Å². The molecule has 9 heteroatoms. The van der Waals surface area contributed by atoms with E-state index in [2.05, 4.69) is 33.1 Å². The largest absolute Gasteiger partial charge is 0.493 e. The van der Waals surface area contributed by atoms with E-state index in [4.69, 9.17) is 8.92 Å². The molecule has 0 fully saturated rings. The van der Waals surface area contributed by atoms with Gasteiger partial charge < -0.3 is 8.92 Å². The summed E-state index contributed by atoms with van der Waals surface area (Å²) in [5.41, 5.74) is 3.52. The quantitative estimate of drug-likeness (QED) is 0.215. The van der Waals surface area contributed by atoms with Crippen molar-refractivity contribution < 1.29 is 22.1 Å². The van der Waals surface area contributed by atoms with Crippen molar-refractivity contribution in [3.8, 4) is 11.5 Å². The van der Waals surface area contributed by atoms with Crippen LogP contribution in [0, 0.1) is 3.57 Å². The molecule has 3 rings (SSSR count). The van der Waals surface area contributed by atoms with Gasteiger partial charge in [-0.2, -0.15) is 13.5 Å². The third kappa shape index (κ3) is 5.57. The number of methoxy groups -OCH3 is 1. The first-order valence-corrected chi connectivity index (χ1v) is 11.1. The predicted octanol–water partition coefficient (Wildman–Crippen LogP) is 3.83. The van der Waals surface area contributed by atoms with Crippen LogP contribution < -0.4 is 14.3 Å². The summed E-state index contributed by atoms with van der Waals surface area (Å²) in [5.74, 6) is -0.0885. The minimum absolute atomic E-state index is 0.0379. The number of ether oxygens (including phenoxy) is 1. The van der Waals surface area contributed by atoms with Crippen LogP contribution >= 0.6 is 22.6 Å². The van der Waals surface area contributed by atoms with Gasteiger partial charge in [0.25, 0.3) is 5.91 Å². The lowest BCUT2D eigenvalue weighted by Crippen LogP contribution is -2.17.